The van der Waals surface area contributed by atoms with Gasteiger partial charge in [-0.25, -0.2) is 0 Å². The van der Waals surface area contributed by atoms with E-state index < -0.39 is 0 Å². The van der Waals surface area contributed by atoms with Crippen LogP contribution in [0.25, 0.3) is 0 Å². The molecule has 0 bridgehead atoms. The van der Waals surface area contributed by atoms with Gasteiger partial charge in [0.1, 0.15) is 0 Å². The second-order valence-electron chi connectivity index (χ2n) is 3.84. The molecule has 0 aromatic heterocycles. The van der Waals surface area contributed by atoms with Crippen LogP contribution in [-0.4, -0.2) is 5.88 Å². The minimum Gasteiger partial charge on any atom is -0.126 e. The third-order valence-electron chi connectivity index (χ3n) is 2.04. The Balaban J connectivity index is 2.86. The van der Waals surface area contributed by atoms with Crippen molar-refractivity contribution < 1.29 is 0 Å². The highest BCUT2D eigenvalue weighted by molar-refractivity contribution is 6.18. The predicted octanol–water partition coefficient (Wildman–Crippen LogP) is 3.53. The maximum absolute atomic E-state index is 5.88. The van der Waals surface area contributed by atoms with Crippen LogP contribution in [0.3, 0.4) is 0 Å². The summed E-state index contributed by atoms with van der Waals surface area (Å²) in [5.74, 6) is 0.718. The first-order chi connectivity index (χ1) is 5.06. The Hall–Kier alpha value is -0.230. The van der Waals surface area contributed by atoms with Crippen molar-refractivity contribution in [3.63, 3.8) is 0 Å². The van der Waals surface area contributed by atoms with Gasteiger partial charge in [-0.05, 0) is 20.3 Å². The number of allylic oxidation sites excluding steroid dienone is 4. The summed E-state index contributed by atoms with van der Waals surface area (Å²) in [4.78, 5) is 0. The molecule has 62 valence electrons. The number of rotatable bonds is 1. The Morgan fingerprint density at radius 1 is 1.55 bits per heavy atom. The number of hydrogen-bond donors (Lipinski definition) is 0. The molecule has 0 radical (unpaired) electrons. The third kappa shape index (κ3) is 2.10. The molecule has 0 N–H and O–H groups in total. The molecule has 0 aromatic carbocycles. The Morgan fingerprint density at radius 3 is 2.64 bits per heavy atom. The van der Waals surface area contributed by atoms with Crippen LogP contribution in [0.15, 0.2) is 23.3 Å². The maximum atomic E-state index is 5.88. The van der Waals surface area contributed by atoms with E-state index in [2.05, 4.69) is 32.9 Å². The molecular formula is C10H15Cl. The number of halogens is 1. The molecule has 1 unspecified atom stereocenters. The summed E-state index contributed by atoms with van der Waals surface area (Å²) < 4.78 is 0. The molecule has 0 spiro atoms. The fourth-order valence-electron chi connectivity index (χ4n) is 1.80. The number of hydrogen-bond acceptors (Lipinski definition) is 0. The molecular weight excluding hydrogens is 156 g/mol. The van der Waals surface area contributed by atoms with Gasteiger partial charge >= 0.3 is 0 Å². The Bertz CT molecular complexity index is 213. The van der Waals surface area contributed by atoms with Gasteiger partial charge in [0.05, 0.1) is 0 Å². The Kier molecular flexibility index (Phi) is 2.43. The van der Waals surface area contributed by atoms with Crippen molar-refractivity contribution in [1.82, 2.24) is 0 Å². The van der Waals surface area contributed by atoms with E-state index >= 15 is 0 Å². The van der Waals surface area contributed by atoms with Crippen LogP contribution in [0.4, 0.5) is 0 Å². The fraction of sp³-hybridized carbons (Fsp3) is 0.600. The molecule has 0 nitrogen and oxygen atoms in total. The third-order valence-corrected chi connectivity index (χ3v) is 2.65. The zero-order chi connectivity index (χ0) is 8.48. The van der Waals surface area contributed by atoms with Crippen LogP contribution in [-0.2, 0) is 0 Å². The molecule has 1 rings (SSSR count). The summed E-state index contributed by atoms with van der Waals surface area (Å²) >= 11 is 5.88. The van der Waals surface area contributed by atoms with E-state index in [0.717, 1.165) is 12.3 Å². The van der Waals surface area contributed by atoms with Crippen LogP contribution >= 0.6 is 11.6 Å². The summed E-state index contributed by atoms with van der Waals surface area (Å²) in [6.45, 7) is 6.51. The maximum Gasteiger partial charge on any atom is 0.0315 e. The molecule has 1 aliphatic rings. The molecule has 1 heteroatoms. The first-order valence-electron chi connectivity index (χ1n) is 3.98. The van der Waals surface area contributed by atoms with Crippen LogP contribution in [0.2, 0.25) is 0 Å². The largest absolute Gasteiger partial charge is 0.126 e. The van der Waals surface area contributed by atoms with E-state index in [0.29, 0.717) is 0 Å². The molecule has 0 heterocycles. The Labute approximate surface area is 73.9 Å². The molecule has 1 aliphatic carbocycles. The summed E-state index contributed by atoms with van der Waals surface area (Å²) in [5.41, 5.74) is 2.98. The van der Waals surface area contributed by atoms with E-state index in [1.165, 1.54) is 11.1 Å². The summed E-state index contributed by atoms with van der Waals surface area (Å²) in [6.07, 6.45) is 5.61. The SMILES string of the molecule is CC1=CC(C)(CCl)CC(C)=C1. The smallest absolute Gasteiger partial charge is 0.0315 e. The highest BCUT2D eigenvalue weighted by Crippen LogP contribution is 2.34. The van der Waals surface area contributed by atoms with Gasteiger partial charge in [0.15, 0.2) is 0 Å². The average molecular weight is 171 g/mol. The summed E-state index contributed by atoms with van der Waals surface area (Å²) in [7, 11) is 0. The van der Waals surface area contributed by atoms with E-state index in [9.17, 15) is 0 Å². The predicted molar refractivity (Wildman–Crippen MR) is 51.0 cm³/mol. The van der Waals surface area contributed by atoms with Crippen LogP contribution in [0.5, 0.6) is 0 Å². The fourth-order valence-corrected chi connectivity index (χ4v) is 1.98. The van der Waals surface area contributed by atoms with Crippen molar-refractivity contribution in [2.24, 2.45) is 5.41 Å². The molecule has 0 amide bonds. The molecule has 0 fully saturated rings. The van der Waals surface area contributed by atoms with E-state index in [1.54, 1.807) is 0 Å². The van der Waals surface area contributed by atoms with Gasteiger partial charge in [-0.2, -0.15) is 0 Å². The van der Waals surface area contributed by atoms with Crippen molar-refractivity contribution in [2.75, 3.05) is 5.88 Å². The highest BCUT2D eigenvalue weighted by atomic mass is 35.5. The molecule has 1 atom stereocenters. The van der Waals surface area contributed by atoms with Gasteiger partial charge in [-0.3, -0.25) is 0 Å². The van der Waals surface area contributed by atoms with Crippen molar-refractivity contribution in [1.29, 1.82) is 0 Å². The normalized spacial score (nSPS) is 31.3. The summed E-state index contributed by atoms with van der Waals surface area (Å²) in [5, 5.41) is 0. The lowest BCUT2D eigenvalue weighted by molar-refractivity contribution is 0.473. The van der Waals surface area contributed by atoms with Gasteiger partial charge in [0.2, 0.25) is 0 Å². The topological polar surface area (TPSA) is 0 Å². The second-order valence-corrected chi connectivity index (χ2v) is 4.11. The lowest BCUT2D eigenvalue weighted by atomic mass is 9.80. The van der Waals surface area contributed by atoms with E-state index in [1.807, 2.05) is 0 Å². The lowest BCUT2D eigenvalue weighted by Gasteiger charge is -2.27. The highest BCUT2D eigenvalue weighted by Gasteiger charge is 2.23. The van der Waals surface area contributed by atoms with Gasteiger partial charge in [0.25, 0.3) is 0 Å². The van der Waals surface area contributed by atoms with Crippen LogP contribution in [0.1, 0.15) is 27.2 Å². The first kappa shape index (κ1) is 8.86. The number of alkyl halides is 1. The molecule has 0 saturated carbocycles. The van der Waals surface area contributed by atoms with Crippen molar-refractivity contribution in [3.05, 3.63) is 23.3 Å². The van der Waals surface area contributed by atoms with Crippen LogP contribution < -0.4 is 0 Å². The Morgan fingerprint density at radius 2 is 2.18 bits per heavy atom. The van der Waals surface area contributed by atoms with Gasteiger partial charge in [0, 0.05) is 11.3 Å². The second kappa shape index (κ2) is 3.02. The average Bonchev–Trinajstić information content (AvgIpc) is 1.84. The van der Waals surface area contributed by atoms with E-state index in [4.69, 9.17) is 11.6 Å². The van der Waals surface area contributed by atoms with Gasteiger partial charge < -0.3 is 0 Å². The zero-order valence-electron chi connectivity index (χ0n) is 7.45. The molecule has 0 aromatic rings. The van der Waals surface area contributed by atoms with Crippen LogP contribution in [0, 0.1) is 5.41 Å². The first-order valence-corrected chi connectivity index (χ1v) is 4.52. The molecule has 11 heavy (non-hydrogen) atoms. The monoisotopic (exact) mass is 170 g/mol. The quantitative estimate of drug-likeness (QED) is 0.529. The van der Waals surface area contributed by atoms with Crippen molar-refractivity contribution in [3.8, 4) is 0 Å². The van der Waals surface area contributed by atoms with Crippen molar-refractivity contribution >= 4 is 11.6 Å². The standard InChI is InChI=1S/C10H15Cl/c1-8-4-9(2)6-10(3,5-8)7-11/h4-5H,6-7H2,1-3H3. The van der Waals surface area contributed by atoms with E-state index in [-0.39, 0.29) is 5.41 Å². The van der Waals surface area contributed by atoms with Gasteiger partial charge in [-0.1, -0.05) is 30.2 Å². The molecule has 0 saturated heterocycles. The lowest BCUT2D eigenvalue weighted by Crippen LogP contribution is -2.18. The minimum atomic E-state index is 0.199. The molecule has 0 aliphatic heterocycles. The van der Waals surface area contributed by atoms with Crippen molar-refractivity contribution in [2.45, 2.75) is 27.2 Å². The van der Waals surface area contributed by atoms with Gasteiger partial charge in [-0.15, -0.1) is 11.6 Å². The zero-order valence-corrected chi connectivity index (χ0v) is 8.20. The minimum absolute atomic E-state index is 0.199. The summed E-state index contributed by atoms with van der Waals surface area (Å²) in [6, 6.07) is 0.